The van der Waals surface area contributed by atoms with Gasteiger partial charge in [0, 0.05) is 21.6 Å². The summed E-state index contributed by atoms with van der Waals surface area (Å²) < 4.78 is 2.17. The van der Waals surface area contributed by atoms with Crippen molar-refractivity contribution in [2.45, 2.75) is 6.54 Å². The van der Waals surface area contributed by atoms with Crippen molar-refractivity contribution < 1.29 is 0 Å². The fraction of sp³-hybridized carbons (Fsp3) is 0.0455. The zero-order valence-electron chi connectivity index (χ0n) is 14.2. The average molecular weight is 414 g/mol. The molecule has 134 valence electrons. The molecule has 0 spiro atoms. The molecule has 0 amide bonds. The van der Waals surface area contributed by atoms with Gasteiger partial charge in [0.1, 0.15) is 5.82 Å². The summed E-state index contributed by atoms with van der Waals surface area (Å²) in [7, 11) is 0. The number of fused-ring (bicyclic) bond motifs is 1. The summed E-state index contributed by atoms with van der Waals surface area (Å²) >= 11 is 18.4. The number of nitrogens with zero attached hydrogens (tertiary/aromatic N) is 2. The molecule has 0 bridgehead atoms. The average Bonchev–Trinajstić information content (AvgIpc) is 2.99. The van der Waals surface area contributed by atoms with E-state index in [0.717, 1.165) is 33.0 Å². The van der Waals surface area contributed by atoms with Gasteiger partial charge in [0.15, 0.2) is 0 Å². The highest BCUT2D eigenvalue weighted by molar-refractivity contribution is 6.35. The van der Waals surface area contributed by atoms with Crippen LogP contribution in [0.1, 0.15) is 17.0 Å². The Balaban J connectivity index is 1.76. The van der Waals surface area contributed by atoms with Crippen LogP contribution >= 0.6 is 34.8 Å². The molecule has 0 N–H and O–H groups in total. The van der Waals surface area contributed by atoms with Crippen molar-refractivity contribution in [3.63, 3.8) is 0 Å². The van der Waals surface area contributed by atoms with E-state index < -0.39 is 0 Å². The highest BCUT2D eigenvalue weighted by Gasteiger charge is 2.09. The maximum atomic E-state index is 6.28. The summed E-state index contributed by atoms with van der Waals surface area (Å²) in [6, 6.07) is 21.4. The number of aromatic nitrogens is 2. The molecule has 1 aromatic heterocycles. The van der Waals surface area contributed by atoms with Crippen LogP contribution in [0.4, 0.5) is 0 Å². The highest BCUT2D eigenvalue weighted by Crippen LogP contribution is 2.24. The Morgan fingerprint density at radius 3 is 2.44 bits per heavy atom. The Morgan fingerprint density at radius 2 is 1.63 bits per heavy atom. The molecule has 3 aromatic carbocycles. The number of benzene rings is 3. The first-order valence-electron chi connectivity index (χ1n) is 8.43. The van der Waals surface area contributed by atoms with Crippen LogP contribution in [0.25, 0.3) is 23.2 Å². The molecule has 0 fully saturated rings. The summed E-state index contributed by atoms with van der Waals surface area (Å²) in [5.74, 6) is 0.849. The van der Waals surface area contributed by atoms with Crippen LogP contribution in [0.2, 0.25) is 15.1 Å². The van der Waals surface area contributed by atoms with E-state index in [-0.39, 0.29) is 0 Å². The van der Waals surface area contributed by atoms with Crippen molar-refractivity contribution in [1.29, 1.82) is 0 Å². The maximum Gasteiger partial charge on any atom is 0.134 e. The Kier molecular flexibility index (Phi) is 5.22. The minimum Gasteiger partial charge on any atom is -0.320 e. The van der Waals surface area contributed by atoms with Gasteiger partial charge in [0.05, 0.1) is 11.0 Å². The first-order valence-corrected chi connectivity index (χ1v) is 9.56. The summed E-state index contributed by atoms with van der Waals surface area (Å²) in [5.41, 5.74) is 4.02. The van der Waals surface area contributed by atoms with Gasteiger partial charge in [-0.2, -0.15) is 0 Å². The molecule has 0 aliphatic carbocycles. The third-order valence-corrected chi connectivity index (χ3v) is 5.09. The number of halogens is 3. The van der Waals surface area contributed by atoms with Gasteiger partial charge in [-0.3, -0.25) is 0 Å². The van der Waals surface area contributed by atoms with Crippen LogP contribution in [0.15, 0.2) is 66.7 Å². The third kappa shape index (κ3) is 4.03. The molecule has 1 heterocycles. The van der Waals surface area contributed by atoms with Gasteiger partial charge in [-0.25, -0.2) is 4.98 Å². The first kappa shape index (κ1) is 18.1. The molecule has 0 aliphatic rings. The molecule has 27 heavy (non-hydrogen) atoms. The van der Waals surface area contributed by atoms with Crippen LogP contribution < -0.4 is 0 Å². The van der Waals surface area contributed by atoms with Crippen LogP contribution in [-0.2, 0) is 6.54 Å². The molecule has 4 aromatic rings. The fourth-order valence-corrected chi connectivity index (χ4v) is 3.69. The van der Waals surface area contributed by atoms with Crippen LogP contribution in [0.5, 0.6) is 0 Å². The molecule has 0 saturated heterocycles. The zero-order chi connectivity index (χ0) is 18.8. The molecule has 0 unspecified atom stereocenters. The molecule has 0 saturated carbocycles. The fourth-order valence-electron chi connectivity index (χ4n) is 3.01. The van der Waals surface area contributed by atoms with Crippen LogP contribution in [-0.4, -0.2) is 9.55 Å². The summed E-state index contributed by atoms with van der Waals surface area (Å²) in [5, 5.41) is 1.95. The number of hydrogen-bond acceptors (Lipinski definition) is 1. The predicted octanol–water partition coefficient (Wildman–Crippen LogP) is 7.22. The minimum absolute atomic E-state index is 0.608. The van der Waals surface area contributed by atoms with E-state index in [0.29, 0.717) is 16.6 Å². The molecular weight excluding hydrogens is 399 g/mol. The molecule has 0 atom stereocenters. The molecule has 2 nitrogen and oxygen atoms in total. The monoisotopic (exact) mass is 412 g/mol. The smallest absolute Gasteiger partial charge is 0.134 e. The van der Waals surface area contributed by atoms with Crippen LogP contribution in [0, 0.1) is 0 Å². The Morgan fingerprint density at radius 1 is 0.815 bits per heavy atom. The van der Waals surface area contributed by atoms with Crippen LogP contribution in [0.3, 0.4) is 0 Å². The van der Waals surface area contributed by atoms with E-state index in [4.69, 9.17) is 39.8 Å². The second-order valence-corrected chi connectivity index (χ2v) is 7.45. The molecule has 0 radical (unpaired) electrons. The molecule has 0 aliphatic heterocycles. The predicted molar refractivity (Wildman–Crippen MR) is 116 cm³/mol. The van der Waals surface area contributed by atoms with Gasteiger partial charge in [-0.1, -0.05) is 65.1 Å². The van der Waals surface area contributed by atoms with Crippen molar-refractivity contribution in [3.05, 3.63) is 98.7 Å². The lowest BCUT2D eigenvalue weighted by atomic mass is 10.2. The van der Waals surface area contributed by atoms with Gasteiger partial charge in [-0.05, 0) is 59.7 Å². The quantitative estimate of drug-likeness (QED) is 0.345. The number of hydrogen-bond donors (Lipinski definition) is 0. The standard InChI is InChI=1S/C22H15Cl3N2/c23-17-5-3-4-15(12-17)14-27-21-7-2-1-6-20(21)26-22(27)11-9-16-8-10-18(24)13-19(16)25/h1-13H,14H2/b11-9+. The minimum atomic E-state index is 0.608. The van der Waals surface area contributed by atoms with Gasteiger partial charge in [-0.15, -0.1) is 0 Å². The topological polar surface area (TPSA) is 17.8 Å². The summed E-state index contributed by atoms with van der Waals surface area (Å²) in [4.78, 5) is 4.77. The maximum absolute atomic E-state index is 6.28. The Labute approximate surface area is 172 Å². The van der Waals surface area contributed by atoms with Gasteiger partial charge in [0.25, 0.3) is 0 Å². The number of para-hydroxylation sites is 2. The summed E-state index contributed by atoms with van der Waals surface area (Å²) in [6.07, 6.45) is 3.92. The lowest BCUT2D eigenvalue weighted by Crippen LogP contribution is -2.02. The second kappa shape index (κ2) is 7.77. The lowest BCUT2D eigenvalue weighted by molar-refractivity contribution is 0.814. The Hall–Kier alpha value is -2.26. The third-order valence-electron chi connectivity index (χ3n) is 4.29. The van der Waals surface area contributed by atoms with Gasteiger partial charge in [0.2, 0.25) is 0 Å². The van der Waals surface area contributed by atoms with Crippen molar-refractivity contribution >= 4 is 58.0 Å². The normalized spacial score (nSPS) is 11.5. The molecule has 4 rings (SSSR count). The second-order valence-electron chi connectivity index (χ2n) is 6.17. The van der Waals surface area contributed by atoms with Crippen molar-refractivity contribution in [2.24, 2.45) is 0 Å². The van der Waals surface area contributed by atoms with E-state index in [1.165, 1.54) is 0 Å². The van der Waals surface area contributed by atoms with Gasteiger partial charge < -0.3 is 4.57 Å². The Bertz CT molecular complexity index is 1150. The lowest BCUT2D eigenvalue weighted by Gasteiger charge is -2.08. The van der Waals surface area contributed by atoms with E-state index in [9.17, 15) is 0 Å². The molecule has 5 heteroatoms. The summed E-state index contributed by atoms with van der Waals surface area (Å²) in [6.45, 7) is 0.676. The van der Waals surface area contributed by atoms with Crippen molar-refractivity contribution in [2.75, 3.05) is 0 Å². The van der Waals surface area contributed by atoms with E-state index in [2.05, 4.69) is 16.7 Å². The molecular formula is C22H15Cl3N2. The van der Waals surface area contributed by atoms with E-state index >= 15 is 0 Å². The number of rotatable bonds is 4. The first-order chi connectivity index (χ1) is 13.1. The van der Waals surface area contributed by atoms with Gasteiger partial charge >= 0.3 is 0 Å². The zero-order valence-corrected chi connectivity index (χ0v) is 16.5. The van der Waals surface area contributed by atoms with E-state index in [1.807, 2.05) is 60.7 Å². The van der Waals surface area contributed by atoms with E-state index in [1.54, 1.807) is 6.07 Å². The number of imidazole rings is 1. The van der Waals surface area contributed by atoms with Crippen molar-refractivity contribution in [3.8, 4) is 0 Å². The SMILES string of the molecule is Clc1cccc(Cn2c(/C=C/c3ccc(Cl)cc3Cl)nc3ccccc32)c1. The largest absolute Gasteiger partial charge is 0.320 e. The highest BCUT2D eigenvalue weighted by atomic mass is 35.5. The van der Waals surface area contributed by atoms with Crippen molar-refractivity contribution in [1.82, 2.24) is 9.55 Å².